The van der Waals surface area contributed by atoms with Crippen molar-refractivity contribution in [3.05, 3.63) is 29.8 Å². The predicted octanol–water partition coefficient (Wildman–Crippen LogP) is 3.35. The molecular formula is C15H23NO2S. The van der Waals surface area contributed by atoms with Gasteiger partial charge in [0, 0.05) is 10.6 Å². The molecule has 0 saturated heterocycles. The smallest absolute Gasteiger partial charge is 0.320 e. The maximum absolute atomic E-state index is 11.0. The third-order valence-electron chi connectivity index (χ3n) is 2.97. The molecule has 19 heavy (non-hydrogen) atoms. The van der Waals surface area contributed by atoms with E-state index in [-0.39, 0.29) is 0 Å². The molecule has 0 radical (unpaired) electrons. The van der Waals surface area contributed by atoms with Gasteiger partial charge in [0.25, 0.3) is 0 Å². The first-order valence-electron chi connectivity index (χ1n) is 6.73. The van der Waals surface area contributed by atoms with Gasteiger partial charge in [-0.15, -0.1) is 11.8 Å². The van der Waals surface area contributed by atoms with Gasteiger partial charge in [0.2, 0.25) is 0 Å². The minimum absolute atomic E-state index is 0.438. The van der Waals surface area contributed by atoms with Gasteiger partial charge >= 0.3 is 5.97 Å². The van der Waals surface area contributed by atoms with Crippen LogP contribution in [0.15, 0.2) is 29.2 Å². The minimum atomic E-state index is -0.766. The Morgan fingerprint density at radius 3 is 2.42 bits per heavy atom. The molecule has 0 amide bonds. The Hall–Kier alpha value is -1.00. The van der Waals surface area contributed by atoms with Crippen molar-refractivity contribution in [2.24, 2.45) is 0 Å². The number of likely N-dealkylation sites (N-methyl/N-ethyl adjacent to an activating group) is 1. The summed E-state index contributed by atoms with van der Waals surface area (Å²) in [6, 6.07) is 8.08. The van der Waals surface area contributed by atoms with Crippen molar-refractivity contribution in [3.63, 3.8) is 0 Å². The number of carbonyl (C=O) groups is 1. The first-order valence-corrected chi connectivity index (χ1v) is 7.72. The third-order valence-corrected chi connectivity index (χ3v) is 4.02. The molecule has 0 aromatic heterocycles. The lowest BCUT2D eigenvalue weighted by molar-refractivity contribution is -0.139. The summed E-state index contributed by atoms with van der Waals surface area (Å²) in [5.41, 5.74) is 1.33. The molecule has 4 heteroatoms. The van der Waals surface area contributed by atoms with Gasteiger partial charge in [-0.25, -0.2) is 0 Å². The minimum Gasteiger partial charge on any atom is -0.480 e. The number of carboxylic acids is 1. The van der Waals surface area contributed by atoms with Crippen molar-refractivity contribution < 1.29 is 9.90 Å². The van der Waals surface area contributed by atoms with Crippen LogP contribution in [0.5, 0.6) is 0 Å². The molecule has 0 fully saturated rings. The molecule has 3 nitrogen and oxygen atoms in total. The van der Waals surface area contributed by atoms with E-state index in [4.69, 9.17) is 5.11 Å². The quantitative estimate of drug-likeness (QED) is 0.717. The van der Waals surface area contributed by atoms with Crippen LogP contribution < -0.4 is 5.32 Å². The fourth-order valence-corrected chi connectivity index (χ4v) is 2.72. The second-order valence-corrected chi connectivity index (χ2v) is 5.98. The van der Waals surface area contributed by atoms with Crippen LogP contribution >= 0.6 is 11.8 Å². The SMILES string of the molecule is CCNC(CCSc1ccc(C(C)C)cc1)C(=O)O. The van der Waals surface area contributed by atoms with E-state index < -0.39 is 12.0 Å². The van der Waals surface area contributed by atoms with Gasteiger partial charge in [-0.05, 0) is 36.6 Å². The second kappa shape index (κ2) is 8.23. The lowest BCUT2D eigenvalue weighted by Gasteiger charge is -2.12. The highest BCUT2D eigenvalue weighted by atomic mass is 32.2. The third kappa shape index (κ3) is 5.66. The average Bonchev–Trinajstić information content (AvgIpc) is 2.38. The molecular weight excluding hydrogens is 258 g/mol. The highest BCUT2D eigenvalue weighted by Crippen LogP contribution is 2.22. The van der Waals surface area contributed by atoms with Gasteiger partial charge in [-0.3, -0.25) is 4.79 Å². The van der Waals surface area contributed by atoms with Crippen molar-refractivity contribution in [2.75, 3.05) is 12.3 Å². The van der Waals surface area contributed by atoms with Crippen LogP contribution in [0.1, 0.15) is 38.7 Å². The van der Waals surface area contributed by atoms with Crippen LogP contribution in [0.2, 0.25) is 0 Å². The number of nitrogens with one attached hydrogen (secondary N) is 1. The fraction of sp³-hybridized carbons (Fsp3) is 0.533. The van der Waals surface area contributed by atoms with Crippen molar-refractivity contribution in [3.8, 4) is 0 Å². The molecule has 0 aliphatic rings. The van der Waals surface area contributed by atoms with Crippen LogP contribution in [0.25, 0.3) is 0 Å². The van der Waals surface area contributed by atoms with Gasteiger partial charge < -0.3 is 10.4 Å². The van der Waals surface area contributed by atoms with Crippen molar-refractivity contribution in [1.29, 1.82) is 0 Å². The summed E-state index contributed by atoms with van der Waals surface area (Å²) in [6.07, 6.45) is 0.639. The van der Waals surface area contributed by atoms with Crippen molar-refractivity contribution in [1.82, 2.24) is 5.32 Å². The van der Waals surface area contributed by atoms with E-state index in [1.54, 1.807) is 11.8 Å². The van der Waals surface area contributed by atoms with Gasteiger partial charge in [-0.1, -0.05) is 32.9 Å². The molecule has 1 unspecified atom stereocenters. The zero-order valence-electron chi connectivity index (χ0n) is 11.8. The zero-order chi connectivity index (χ0) is 14.3. The lowest BCUT2D eigenvalue weighted by atomic mass is 10.0. The Bertz CT molecular complexity index is 390. The van der Waals surface area contributed by atoms with Crippen LogP contribution in [0.3, 0.4) is 0 Å². The number of rotatable bonds is 8. The molecule has 1 aromatic rings. The van der Waals surface area contributed by atoms with E-state index in [1.807, 2.05) is 6.92 Å². The van der Waals surface area contributed by atoms with Crippen molar-refractivity contribution >= 4 is 17.7 Å². The molecule has 2 N–H and O–H groups in total. The van der Waals surface area contributed by atoms with Crippen LogP contribution in [0.4, 0.5) is 0 Å². The number of benzene rings is 1. The number of carboxylic acid groups (broad SMARTS) is 1. The molecule has 106 valence electrons. The highest BCUT2D eigenvalue weighted by Gasteiger charge is 2.15. The molecule has 0 aliphatic carbocycles. The summed E-state index contributed by atoms with van der Waals surface area (Å²) in [5.74, 6) is 0.590. The summed E-state index contributed by atoms with van der Waals surface area (Å²) in [5, 5.41) is 12.0. The first kappa shape index (κ1) is 16.1. The molecule has 0 bridgehead atoms. The molecule has 0 heterocycles. The topological polar surface area (TPSA) is 49.3 Å². The molecule has 0 saturated carbocycles. The van der Waals surface area contributed by atoms with Gasteiger partial charge in [0.15, 0.2) is 0 Å². The Labute approximate surface area is 119 Å². The van der Waals surface area contributed by atoms with E-state index in [0.717, 1.165) is 5.75 Å². The molecule has 1 atom stereocenters. The van der Waals surface area contributed by atoms with Gasteiger partial charge in [0.1, 0.15) is 6.04 Å². The summed E-state index contributed by atoms with van der Waals surface area (Å²) < 4.78 is 0. The average molecular weight is 281 g/mol. The number of thioether (sulfide) groups is 1. The summed E-state index contributed by atoms with van der Waals surface area (Å²) >= 11 is 1.71. The Kier molecular flexibility index (Phi) is 6.95. The Morgan fingerprint density at radius 2 is 1.95 bits per heavy atom. The van der Waals surface area contributed by atoms with Gasteiger partial charge in [0.05, 0.1) is 0 Å². The molecule has 1 rings (SSSR count). The van der Waals surface area contributed by atoms with Crippen molar-refractivity contribution in [2.45, 2.75) is 44.0 Å². The van der Waals surface area contributed by atoms with E-state index in [0.29, 0.717) is 18.9 Å². The number of hydrogen-bond donors (Lipinski definition) is 2. The first-order chi connectivity index (χ1) is 9.04. The molecule has 1 aromatic carbocycles. The second-order valence-electron chi connectivity index (χ2n) is 4.81. The Morgan fingerprint density at radius 1 is 1.32 bits per heavy atom. The maximum atomic E-state index is 11.0. The monoisotopic (exact) mass is 281 g/mol. The standard InChI is InChI=1S/C15H23NO2S/c1-4-16-14(15(17)18)9-10-19-13-7-5-12(6-8-13)11(2)3/h5-8,11,14,16H,4,9-10H2,1-3H3,(H,17,18). The largest absolute Gasteiger partial charge is 0.480 e. The summed E-state index contributed by atoms with van der Waals surface area (Å²) in [4.78, 5) is 12.2. The summed E-state index contributed by atoms with van der Waals surface area (Å²) in [7, 11) is 0. The van der Waals surface area contributed by atoms with E-state index >= 15 is 0 Å². The normalized spacial score (nSPS) is 12.6. The predicted molar refractivity (Wildman–Crippen MR) is 81.0 cm³/mol. The highest BCUT2D eigenvalue weighted by molar-refractivity contribution is 7.99. The Balaban J connectivity index is 2.41. The van der Waals surface area contributed by atoms with E-state index in [9.17, 15) is 4.79 Å². The molecule has 0 aliphatic heterocycles. The van der Waals surface area contributed by atoms with Crippen LogP contribution in [-0.4, -0.2) is 29.4 Å². The number of hydrogen-bond acceptors (Lipinski definition) is 3. The van der Waals surface area contributed by atoms with E-state index in [2.05, 4.69) is 43.4 Å². The lowest BCUT2D eigenvalue weighted by Crippen LogP contribution is -2.36. The van der Waals surface area contributed by atoms with E-state index in [1.165, 1.54) is 10.5 Å². The van der Waals surface area contributed by atoms with Crippen LogP contribution in [-0.2, 0) is 4.79 Å². The van der Waals surface area contributed by atoms with Gasteiger partial charge in [-0.2, -0.15) is 0 Å². The fourth-order valence-electron chi connectivity index (χ4n) is 1.80. The maximum Gasteiger partial charge on any atom is 0.320 e. The molecule has 0 spiro atoms. The summed E-state index contributed by atoms with van der Waals surface area (Å²) in [6.45, 7) is 6.96. The number of aliphatic carboxylic acids is 1. The van der Waals surface area contributed by atoms with Crippen LogP contribution in [0, 0.1) is 0 Å². The zero-order valence-corrected chi connectivity index (χ0v) is 12.7.